The van der Waals surface area contributed by atoms with E-state index in [-0.39, 0.29) is 0 Å². The van der Waals surface area contributed by atoms with Gasteiger partial charge in [0.2, 0.25) is 0 Å². The fraction of sp³-hybridized carbons (Fsp3) is 0.636. The molecule has 25 heavy (non-hydrogen) atoms. The summed E-state index contributed by atoms with van der Waals surface area (Å²) in [6.45, 7) is 5.80. The maximum Gasteiger partial charge on any atom is 0.376 e. The second-order valence-corrected chi connectivity index (χ2v) is 11.7. The molecular formula is C22H30O2Si. The van der Waals surface area contributed by atoms with Crippen molar-refractivity contribution in [3.8, 4) is 0 Å². The first-order valence-corrected chi connectivity index (χ1v) is 12.2. The zero-order valence-corrected chi connectivity index (χ0v) is 16.4. The van der Waals surface area contributed by atoms with E-state index in [1.54, 1.807) is 0 Å². The summed E-state index contributed by atoms with van der Waals surface area (Å²) in [5.74, 6) is 5.35. The molecule has 0 aromatic heterocycles. The lowest BCUT2D eigenvalue weighted by Crippen LogP contribution is -2.60. The van der Waals surface area contributed by atoms with Gasteiger partial charge in [-0.2, -0.15) is 0 Å². The van der Waals surface area contributed by atoms with E-state index in [1.165, 1.54) is 24.4 Å². The lowest BCUT2D eigenvalue weighted by atomic mass is 9.73. The minimum atomic E-state index is -2.40. The minimum Gasteiger partial charge on any atom is -0.391 e. The average Bonchev–Trinajstić information content (AvgIpc) is 3.40. The van der Waals surface area contributed by atoms with Gasteiger partial charge in [0.1, 0.15) is 0 Å². The van der Waals surface area contributed by atoms with Gasteiger partial charge in [0, 0.05) is 18.8 Å². The highest BCUT2D eigenvalue weighted by molar-refractivity contribution is 6.82. The van der Waals surface area contributed by atoms with Crippen LogP contribution in [0.1, 0.15) is 33.1 Å². The third kappa shape index (κ3) is 2.22. The van der Waals surface area contributed by atoms with Gasteiger partial charge in [0.25, 0.3) is 0 Å². The highest BCUT2D eigenvalue weighted by Gasteiger charge is 2.66. The highest BCUT2D eigenvalue weighted by atomic mass is 28.4. The van der Waals surface area contributed by atoms with E-state index in [1.807, 2.05) is 0 Å². The molecule has 3 saturated carbocycles. The Morgan fingerprint density at radius 3 is 2.24 bits per heavy atom. The normalized spacial score (nSPS) is 40.8. The van der Waals surface area contributed by atoms with Crippen molar-refractivity contribution >= 4 is 13.7 Å². The Hall–Kier alpha value is -0.903. The molecule has 1 aromatic carbocycles. The number of fused-ring (bicyclic) bond motifs is 9. The van der Waals surface area contributed by atoms with Crippen molar-refractivity contribution < 1.29 is 8.85 Å². The van der Waals surface area contributed by atoms with Gasteiger partial charge < -0.3 is 8.85 Å². The molecular weight excluding hydrogens is 324 g/mol. The minimum absolute atomic E-state index is 0.633. The van der Waals surface area contributed by atoms with Crippen molar-refractivity contribution in [2.75, 3.05) is 13.2 Å². The van der Waals surface area contributed by atoms with Gasteiger partial charge in [-0.25, -0.2) is 0 Å². The van der Waals surface area contributed by atoms with E-state index in [9.17, 15) is 0 Å². The molecule has 7 unspecified atom stereocenters. The molecule has 134 valence electrons. The van der Waals surface area contributed by atoms with E-state index in [4.69, 9.17) is 8.85 Å². The fourth-order valence-corrected chi connectivity index (χ4v) is 11.5. The molecule has 4 aliphatic rings. The number of rotatable bonds is 6. The number of hydrogen-bond acceptors (Lipinski definition) is 2. The van der Waals surface area contributed by atoms with Crippen LogP contribution in [0.25, 0.3) is 0 Å². The topological polar surface area (TPSA) is 18.5 Å². The second-order valence-electron chi connectivity index (χ2n) is 8.50. The summed E-state index contributed by atoms with van der Waals surface area (Å²) in [5, 5.41) is 1.35. The first-order valence-electron chi connectivity index (χ1n) is 10.3. The van der Waals surface area contributed by atoms with E-state index in [0.29, 0.717) is 5.54 Å². The van der Waals surface area contributed by atoms with E-state index >= 15 is 0 Å². The Kier molecular flexibility index (Phi) is 3.95. The number of hydrogen-bond donors (Lipinski definition) is 0. The van der Waals surface area contributed by atoms with Crippen molar-refractivity contribution in [1.82, 2.24) is 0 Å². The van der Waals surface area contributed by atoms with Crippen LogP contribution >= 0.6 is 0 Å². The molecule has 7 atom stereocenters. The van der Waals surface area contributed by atoms with Crippen molar-refractivity contribution in [3.05, 3.63) is 42.5 Å². The molecule has 0 aliphatic heterocycles. The van der Waals surface area contributed by atoms with Crippen LogP contribution in [0, 0.1) is 35.5 Å². The summed E-state index contributed by atoms with van der Waals surface area (Å²) in [6.07, 6.45) is 9.27. The van der Waals surface area contributed by atoms with Crippen LogP contribution in [0.5, 0.6) is 0 Å². The van der Waals surface area contributed by atoms with Gasteiger partial charge in [-0.1, -0.05) is 42.5 Å². The zero-order valence-electron chi connectivity index (χ0n) is 15.4. The Balaban J connectivity index is 1.53. The van der Waals surface area contributed by atoms with Crippen LogP contribution in [0.3, 0.4) is 0 Å². The molecule has 1 aromatic rings. The van der Waals surface area contributed by atoms with Crippen LogP contribution in [-0.2, 0) is 8.85 Å². The lowest BCUT2D eigenvalue weighted by Gasteiger charge is -2.44. The molecule has 0 N–H and O–H groups in total. The second kappa shape index (κ2) is 6.07. The maximum atomic E-state index is 6.62. The molecule has 0 radical (unpaired) electrons. The largest absolute Gasteiger partial charge is 0.391 e. The van der Waals surface area contributed by atoms with Crippen LogP contribution < -0.4 is 5.19 Å². The summed E-state index contributed by atoms with van der Waals surface area (Å²) in [6, 6.07) is 11.0. The van der Waals surface area contributed by atoms with Gasteiger partial charge >= 0.3 is 8.56 Å². The smallest absolute Gasteiger partial charge is 0.376 e. The first-order chi connectivity index (χ1) is 12.3. The first kappa shape index (κ1) is 16.3. The van der Waals surface area contributed by atoms with Gasteiger partial charge in [0.15, 0.2) is 0 Å². The Bertz CT molecular complexity index is 651. The molecule has 5 rings (SSSR count). The summed E-state index contributed by atoms with van der Waals surface area (Å²) in [4.78, 5) is 0. The van der Waals surface area contributed by atoms with E-state index < -0.39 is 8.56 Å². The molecule has 0 amide bonds. The quantitative estimate of drug-likeness (QED) is 0.432. The number of allylic oxidation sites excluding steroid dienone is 2. The molecule has 3 fully saturated rings. The molecule has 4 bridgehead atoms. The Labute approximate surface area is 152 Å². The maximum absolute atomic E-state index is 6.62. The van der Waals surface area contributed by atoms with Gasteiger partial charge in [-0.3, -0.25) is 0 Å². The molecule has 0 spiro atoms. The fourth-order valence-electron chi connectivity index (χ4n) is 7.19. The van der Waals surface area contributed by atoms with Gasteiger partial charge in [-0.15, -0.1) is 0 Å². The van der Waals surface area contributed by atoms with Crippen molar-refractivity contribution in [2.24, 2.45) is 35.5 Å². The third-order valence-electron chi connectivity index (χ3n) is 7.65. The third-order valence-corrected chi connectivity index (χ3v) is 11.9. The van der Waals surface area contributed by atoms with Crippen LogP contribution in [0.4, 0.5) is 0 Å². The summed E-state index contributed by atoms with van der Waals surface area (Å²) >= 11 is 0. The molecule has 4 aliphatic carbocycles. The molecule has 0 heterocycles. The van der Waals surface area contributed by atoms with Crippen LogP contribution in [-0.4, -0.2) is 21.8 Å². The molecule has 2 nitrogen and oxygen atoms in total. The lowest BCUT2D eigenvalue weighted by molar-refractivity contribution is 0.141. The summed E-state index contributed by atoms with van der Waals surface area (Å²) in [5.41, 5.74) is 0.633. The van der Waals surface area contributed by atoms with Crippen molar-refractivity contribution in [3.63, 3.8) is 0 Å². The Morgan fingerprint density at radius 1 is 0.880 bits per heavy atom. The summed E-state index contributed by atoms with van der Waals surface area (Å²) in [7, 11) is -2.40. The van der Waals surface area contributed by atoms with Crippen molar-refractivity contribution in [2.45, 2.75) is 38.7 Å². The standard InChI is InChI=1S/C22H30O2Si/c1-3-23-25(24-4-2,18-8-6-5-7-9-18)20-14-17-13-19(20)22-16-11-10-15(12-16)21(17)22/h5-11,15-17,19-22H,3-4,12-14H2,1-2H3. The van der Waals surface area contributed by atoms with Crippen LogP contribution in [0.15, 0.2) is 42.5 Å². The monoisotopic (exact) mass is 354 g/mol. The summed E-state index contributed by atoms with van der Waals surface area (Å²) < 4.78 is 13.2. The SMILES string of the molecule is CCO[Si](OCC)(c1ccccc1)C1CC2CC1C1C3C=CC(C3)C21. The van der Waals surface area contributed by atoms with Crippen LogP contribution in [0.2, 0.25) is 5.54 Å². The predicted molar refractivity (Wildman–Crippen MR) is 103 cm³/mol. The van der Waals surface area contributed by atoms with Gasteiger partial charge in [-0.05, 0) is 73.8 Å². The number of benzene rings is 1. The van der Waals surface area contributed by atoms with E-state index in [0.717, 1.165) is 48.7 Å². The highest BCUT2D eigenvalue weighted by Crippen LogP contribution is 2.69. The average molecular weight is 355 g/mol. The Morgan fingerprint density at radius 2 is 1.56 bits per heavy atom. The predicted octanol–water partition coefficient (Wildman–Crippen LogP) is 4.26. The van der Waals surface area contributed by atoms with Gasteiger partial charge in [0.05, 0.1) is 0 Å². The molecule has 3 heteroatoms. The van der Waals surface area contributed by atoms with E-state index in [2.05, 4.69) is 56.3 Å². The zero-order chi connectivity index (χ0) is 17.0. The van der Waals surface area contributed by atoms with Crippen molar-refractivity contribution in [1.29, 1.82) is 0 Å². The molecule has 0 saturated heterocycles.